The second-order valence-corrected chi connectivity index (χ2v) is 11.1. The first-order chi connectivity index (χ1) is 13.1. The van der Waals surface area contributed by atoms with E-state index in [1.54, 1.807) is 0 Å². The molecule has 4 rings (SSSR count). The number of hydrogen-bond acceptors (Lipinski definition) is 5. The van der Waals surface area contributed by atoms with Crippen molar-refractivity contribution in [3.63, 3.8) is 0 Å². The van der Waals surface area contributed by atoms with Crippen LogP contribution in [-0.2, 0) is 14.2 Å². The molecule has 0 aromatic rings. The molecule has 0 amide bonds. The summed E-state index contributed by atoms with van der Waals surface area (Å²) in [6, 6.07) is 0. The number of ether oxygens (including phenoxy) is 3. The van der Waals surface area contributed by atoms with Gasteiger partial charge in [0.05, 0.1) is 30.5 Å². The Morgan fingerprint density at radius 2 is 1.71 bits per heavy atom. The minimum Gasteiger partial charge on any atom is -0.396 e. The van der Waals surface area contributed by atoms with Crippen LogP contribution < -0.4 is 0 Å². The summed E-state index contributed by atoms with van der Waals surface area (Å²) in [6.45, 7) is 12.0. The molecular formula is C23H40O5. The number of rotatable bonds is 3. The molecule has 0 bridgehead atoms. The highest BCUT2D eigenvalue weighted by Gasteiger charge is 2.70. The van der Waals surface area contributed by atoms with Crippen molar-refractivity contribution in [1.29, 1.82) is 0 Å². The fourth-order valence-electron chi connectivity index (χ4n) is 7.57. The number of hydrogen-bond donors (Lipinski definition) is 2. The van der Waals surface area contributed by atoms with Crippen molar-refractivity contribution in [1.82, 2.24) is 0 Å². The van der Waals surface area contributed by atoms with Crippen LogP contribution >= 0.6 is 0 Å². The highest BCUT2D eigenvalue weighted by molar-refractivity contribution is 5.18. The third-order valence-electron chi connectivity index (χ3n) is 9.24. The monoisotopic (exact) mass is 396 g/mol. The molecule has 162 valence electrons. The van der Waals surface area contributed by atoms with Crippen LogP contribution in [0.25, 0.3) is 0 Å². The molecule has 0 radical (unpaired) electrons. The molecule has 0 aromatic carbocycles. The normalized spacial score (nSPS) is 53.0. The minimum absolute atomic E-state index is 0.0108. The molecule has 2 heterocycles. The van der Waals surface area contributed by atoms with E-state index in [0.29, 0.717) is 18.3 Å². The summed E-state index contributed by atoms with van der Waals surface area (Å²) in [6.07, 6.45) is 6.95. The van der Waals surface area contributed by atoms with Gasteiger partial charge in [-0.2, -0.15) is 0 Å². The zero-order valence-electron chi connectivity index (χ0n) is 18.4. The van der Waals surface area contributed by atoms with E-state index in [-0.39, 0.29) is 35.7 Å². The summed E-state index contributed by atoms with van der Waals surface area (Å²) in [7, 11) is 0. The van der Waals surface area contributed by atoms with E-state index in [4.69, 9.17) is 14.2 Å². The van der Waals surface area contributed by atoms with E-state index < -0.39 is 11.4 Å². The third kappa shape index (κ3) is 2.76. The Morgan fingerprint density at radius 1 is 0.964 bits per heavy atom. The van der Waals surface area contributed by atoms with Crippen molar-refractivity contribution < 1.29 is 24.4 Å². The summed E-state index contributed by atoms with van der Waals surface area (Å²) in [5, 5.41) is 19.7. The molecule has 5 heteroatoms. The number of fused-ring (bicyclic) bond motifs is 4. The predicted octanol–water partition coefficient (Wildman–Crippen LogP) is 3.65. The molecule has 7 atom stereocenters. The Labute approximate surface area is 170 Å². The van der Waals surface area contributed by atoms with Gasteiger partial charge in [0.15, 0.2) is 5.79 Å². The second kappa shape index (κ2) is 6.65. The SMILES string of the molecule is C[C@@H]1CC[C@H]2[C@]3(C)COC(C)(C)O[C@H]3CC[C@]2(C)[C@]12CC[C@@](CO)(CCO)O2. The fourth-order valence-corrected chi connectivity index (χ4v) is 7.57. The molecule has 2 N–H and O–H groups in total. The summed E-state index contributed by atoms with van der Waals surface area (Å²) < 4.78 is 19.5. The average molecular weight is 397 g/mol. The van der Waals surface area contributed by atoms with Gasteiger partial charge in [-0.3, -0.25) is 0 Å². The lowest BCUT2D eigenvalue weighted by Gasteiger charge is -2.67. The first-order valence-electron chi connectivity index (χ1n) is 11.3. The highest BCUT2D eigenvalue weighted by atomic mass is 16.7. The van der Waals surface area contributed by atoms with Crippen LogP contribution in [0.4, 0.5) is 0 Å². The van der Waals surface area contributed by atoms with Crippen molar-refractivity contribution in [2.45, 2.75) is 103 Å². The first kappa shape index (κ1) is 21.0. The van der Waals surface area contributed by atoms with E-state index in [1.807, 2.05) is 13.8 Å². The lowest BCUT2D eigenvalue weighted by Crippen LogP contribution is -2.69. The van der Waals surface area contributed by atoms with E-state index in [9.17, 15) is 10.2 Å². The molecule has 1 spiro atoms. The van der Waals surface area contributed by atoms with E-state index >= 15 is 0 Å². The summed E-state index contributed by atoms with van der Waals surface area (Å²) in [5.41, 5.74) is -0.820. The maximum atomic E-state index is 10.1. The van der Waals surface area contributed by atoms with Gasteiger partial charge in [0, 0.05) is 23.9 Å². The van der Waals surface area contributed by atoms with Crippen LogP contribution in [0.5, 0.6) is 0 Å². The quantitative estimate of drug-likeness (QED) is 0.762. The van der Waals surface area contributed by atoms with Gasteiger partial charge in [0.25, 0.3) is 0 Å². The van der Waals surface area contributed by atoms with Gasteiger partial charge >= 0.3 is 0 Å². The molecule has 2 aliphatic carbocycles. The van der Waals surface area contributed by atoms with Crippen LogP contribution in [0.2, 0.25) is 0 Å². The molecule has 2 saturated heterocycles. The molecule has 28 heavy (non-hydrogen) atoms. The molecule has 5 nitrogen and oxygen atoms in total. The van der Waals surface area contributed by atoms with E-state index in [0.717, 1.165) is 38.7 Å². The maximum absolute atomic E-state index is 10.1. The van der Waals surface area contributed by atoms with E-state index in [2.05, 4.69) is 20.8 Å². The van der Waals surface area contributed by atoms with Gasteiger partial charge in [0.1, 0.15) is 0 Å². The average Bonchev–Trinajstić information content (AvgIpc) is 3.03. The molecule has 0 unspecified atom stereocenters. The smallest absolute Gasteiger partial charge is 0.163 e. The van der Waals surface area contributed by atoms with Gasteiger partial charge in [-0.15, -0.1) is 0 Å². The standard InChI is InChI=1S/C23H40O5/c1-16-6-7-17-20(4)15-26-19(2,3)27-18(20)8-9-21(17,5)23(16)11-10-22(14-25,28-23)12-13-24/h16-18,24-25H,6-15H2,1-5H3/t16-,17+,18+,20+,21+,22+,23+/m1/s1. The van der Waals surface area contributed by atoms with Crippen molar-refractivity contribution in [3.8, 4) is 0 Å². The van der Waals surface area contributed by atoms with Crippen molar-refractivity contribution in [2.75, 3.05) is 19.8 Å². The lowest BCUT2D eigenvalue weighted by atomic mass is 9.43. The van der Waals surface area contributed by atoms with Gasteiger partial charge in [-0.05, 0) is 64.2 Å². The Bertz CT molecular complexity index is 608. The van der Waals surface area contributed by atoms with Crippen molar-refractivity contribution >= 4 is 0 Å². The second-order valence-electron chi connectivity index (χ2n) is 11.1. The summed E-state index contributed by atoms with van der Waals surface area (Å²) in [5.74, 6) is 0.409. The van der Waals surface area contributed by atoms with Crippen LogP contribution in [0.15, 0.2) is 0 Å². The zero-order valence-corrected chi connectivity index (χ0v) is 18.4. The van der Waals surface area contributed by atoms with Gasteiger partial charge in [-0.1, -0.05) is 20.8 Å². The maximum Gasteiger partial charge on any atom is 0.163 e. The Kier molecular flexibility index (Phi) is 5.00. The zero-order chi connectivity index (χ0) is 20.4. The summed E-state index contributed by atoms with van der Waals surface area (Å²) in [4.78, 5) is 0. The Hall–Kier alpha value is -0.200. The highest BCUT2D eigenvalue weighted by Crippen LogP contribution is 2.69. The number of aliphatic hydroxyl groups excluding tert-OH is 2. The van der Waals surface area contributed by atoms with Gasteiger partial charge in [0.2, 0.25) is 0 Å². The fraction of sp³-hybridized carbons (Fsp3) is 1.00. The van der Waals surface area contributed by atoms with Gasteiger partial charge in [-0.25, -0.2) is 0 Å². The predicted molar refractivity (Wildman–Crippen MR) is 107 cm³/mol. The molecule has 2 saturated carbocycles. The molecule has 4 aliphatic rings. The largest absolute Gasteiger partial charge is 0.396 e. The van der Waals surface area contributed by atoms with E-state index in [1.165, 1.54) is 6.42 Å². The van der Waals surface area contributed by atoms with Crippen LogP contribution in [0.1, 0.15) is 79.6 Å². The molecular weight excluding hydrogens is 356 g/mol. The van der Waals surface area contributed by atoms with Gasteiger partial charge < -0.3 is 24.4 Å². The van der Waals surface area contributed by atoms with Crippen molar-refractivity contribution in [2.24, 2.45) is 22.7 Å². The topological polar surface area (TPSA) is 68.2 Å². The van der Waals surface area contributed by atoms with Crippen LogP contribution in [0, 0.1) is 22.7 Å². The lowest BCUT2D eigenvalue weighted by molar-refractivity contribution is -0.359. The van der Waals surface area contributed by atoms with Crippen molar-refractivity contribution in [3.05, 3.63) is 0 Å². The van der Waals surface area contributed by atoms with Crippen LogP contribution in [-0.4, -0.2) is 53.1 Å². The van der Waals surface area contributed by atoms with Crippen LogP contribution in [0.3, 0.4) is 0 Å². The molecule has 4 fully saturated rings. The molecule has 2 aliphatic heterocycles. The minimum atomic E-state index is -0.590. The Balaban J connectivity index is 1.70. The summed E-state index contributed by atoms with van der Waals surface area (Å²) >= 11 is 0. The Morgan fingerprint density at radius 3 is 2.39 bits per heavy atom. The molecule has 0 aromatic heterocycles. The number of aliphatic hydroxyl groups is 2. The third-order valence-corrected chi connectivity index (χ3v) is 9.24. The first-order valence-corrected chi connectivity index (χ1v) is 11.3.